The molecule has 0 aliphatic rings. The SMILES string of the molecule is CC(Cl)CN(C)C(=O)c1cc(Br)sc1Br. The van der Waals surface area contributed by atoms with Crippen molar-refractivity contribution in [3.63, 3.8) is 0 Å². The molecule has 0 aromatic carbocycles. The second-order valence-electron chi connectivity index (χ2n) is 3.20. The predicted octanol–water partition coefficient (Wildman–Crippen LogP) is 3.97. The second-order valence-corrected chi connectivity index (χ2v) is 7.70. The average Bonchev–Trinajstić information content (AvgIpc) is 2.42. The molecule has 0 N–H and O–H groups in total. The van der Waals surface area contributed by atoms with Crippen LogP contribution in [0.2, 0.25) is 0 Å². The van der Waals surface area contributed by atoms with Crippen LogP contribution >= 0.6 is 54.8 Å². The molecule has 0 aliphatic carbocycles. The van der Waals surface area contributed by atoms with Crippen LogP contribution in [-0.4, -0.2) is 29.8 Å². The third-order valence-electron chi connectivity index (χ3n) is 1.76. The lowest BCUT2D eigenvalue weighted by atomic mass is 10.3. The van der Waals surface area contributed by atoms with E-state index in [0.717, 1.165) is 7.57 Å². The highest BCUT2D eigenvalue weighted by molar-refractivity contribution is 9.12. The molecule has 6 heteroatoms. The lowest BCUT2D eigenvalue weighted by Gasteiger charge is -2.17. The number of hydrogen-bond donors (Lipinski definition) is 0. The summed E-state index contributed by atoms with van der Waals surface area (Å²) in [5, 5.41) is -0.0419. The fraction of sp³-hybridized carbons (Fsp3) is 0.444. The fourth-order valence-electron chi connectivity index (χ4n) is 1.15. The van der Waals surface area contributed by atoms with Crippen LogP contribution < -0.4 is 0 Å². The van der Waals surface area contributed by atoms with Crippen molar-refractivity contribution in [2.24, 2.45) is 0 Å². The molecule has 1 rings (SSSR count). The van der Waals surface area contributed by atoms with Gasteiger partial charge in [0.05, 0.1) is 13.1 Å². The van der Waals surface area contributed by atoms with E-state index >= 15 is 0 Å². The van der Waals surface area contributed by atoms with E-state index in [9.17, 15) is 4.79 Å². The van der Waals surface area contributed by atoms with Crippen molar-refractivity contribution in [3.8, 4) is 0 Å². The second kappa shape index (κ2) is 5.66. The fourth-order valence-corrected chi connectivity index (χ4v) is 4.14. The molecule has 1 unspecified atom stereocenters. The number of nitrogens with zero attached hydrogens (tertiary/aromatic N) is 1. The summed E-state index contributed by atoms with van der Waals surface area (Å²) in [5.74, 6) is -0.0173. The highest BCUT2D eigenvalue weighted by Crippen LogP contribution is 2.32. The number of amides is 1. The third-order valence-corrected chi connectivity index (χ3v) is 4.24. The van der Waals surface area contributed by atoms with Gasteiger partial charge in [-0.1, -0.05) is 0 Å². The summed E-state index contributed by atoms with van der Waals surface area (Å²) in [4.78, 5) is 13.6. The maximum atomic E-state index is 11.9. The van der Waals surface area contributed by atoms with E-state index in [1.165, 1.54) is 11.3 Å². The van der Waals surface area contributed by atoms with Gasteiger partial charge in [0.2, 0.25) is 0 Å². The normalized spacial score (nSPS) is 12.6. The maximum absolute atomic E-state index is 11.9. The Hall–Kier alpha value is 0.420. The molecule has 2 nitrogen and oxygen atoms in total. The van der Waals surface area contributed by atoms with Crippen LogP contribution in [0.1, 0.15) is 17.3 Å². The molecule has 0 spiro atoms. The van der Waals surface area contributed by atoms with E-state index in [1.54, 1.807) is 11.9 Å². The van der Waals surface area contributed by atoms with Crippen molar-refractivity contribution in [2.45, 2.75) is 12.3 Å². The van der Waals surface area contributed by atoms with E-state index in [0.29, 0.717) is 12.1 Å². The Morgan fingerprint density at radius 3 is 2.67 bits per heavy atom. The molecule has 0 fully saturated rings. The Morgan fingerprint density at radius 2 is 2.27 bits per heavy atom. The monoisotopic (exact) mass is 373 g/mol. The van der Waals surface area contributed by atoms with Crippen LogP contribution in [0.5, 0.6) is 0 Å². The van der Waals surface area contributed by atoms with E-state index in [2.05, 4.69) is 31.9 Å². The van der Waals surface area contributed by atoms with Gasteiger partial charge < -0.3 is 4.90 Å². The molecule has 15 heavy (non-hydrogen) atoms. The molecular weight excluding hydrogens is 365 g/mol. The first-order chi connectivity index (χ1) is 6.91. The number of carbonyl (C=O) groups is 1. The van der Waals surface area contributed by atoms with Crippen LogP contribution in [0, 0.1) is 0 Å². The largest absolute Gasteiger partial charge is 0.340 e. The zero-order valence-corrected chi connectivity index (χ0v) is 13.0. The number of alkyl halides is 1. The lowest BCUT2D eigenvalue weighted by Crippen LogP contribution is -2.31. The summed E-state index contributed by atoms with van der Waals surface area (Å²) in [6.45, 7) is 2.41. The lowest BCUT2D eigenvalue weighted by molar-refractivity contribution is 0.0796. The number of hydrogen-bond acceptors (Lipinski definition) is 2. The van der Waals surface area contributed by atoms with Crippen molar-refractivity contribution in [1.82, 2.24) is 4.90 Å². The third kappa shape index (κ3) is 3.73. The van der Waals surface area contributed by atoms with E-state index in [4.69, 9.17) is 11.6 Å². The van der Waals surface area contributed by atoms with Gasteiger partial charge in [-0.3, -0.25) is 4.79 Å². The van der Waals surface area contributed by atoms with Gasteiger partial charge in [0.25, 0.3) is 5.91 Å². The smallest absolute Gasteiger partial charge is 0.255 e. The number of carbonyl (C=O) groups excluding carboxylic acids is 1. The standard InChI is InChI=1S/C9H10Br2ClNOS/c1-5(12)4-13(2)9(14)6-3-7(10)15-8(6)11/h3,5H,4H2,1-2H3. The molecule has 0 aliphatic heterocycles. The minimum atomic E-state index is -0.0419. The van der Waals surface area contributed by atoms with Gasteiger partial charge in [-0.25, -0.2) is 0 Å². The van der Waals surface area contributed by atoms with Gasteiger partial charge in [0, 0.05) is 19.0 Å². The molecule has 0 saturated carbocycles. The zero-order valence-electron chi connectivity index (χ0n) is 8.26. The molecule has 0 bridgehead atoms. The van der Waals surface area contributed by atoms with Crippen molar-refractivity contribution in [1.29, 1.82) is 0 Å². The molecule has 0 radical (unpaired) electrons. The van der Waals surface area contributed by atoms with Gasteiger partial charge >= 0.3 is 0 Å². The molecule has 1 atom stereocenters. The maximum Gasteiger partial charge on any atom is 0.255 e. The summed E-state index contributed by atoms with van der Waals surface area (Å²) in [6, 6.07) is 1.81. The summed E-state index contributed by atoms with van der Waals surface area (Å²) >= 11 is 14.0. The number of rotatable bonds is 3. The van der Waals surface area contributed by atoms with Crippen molar-refractivity contribution < 1.29 is 4.79 Å². The average molecular weight is 376 g/mol. The predicted molar refractivity (Wildman–Crippen MR) is 72.0 cm³/mol. The van der Waals surface area contributed by atoms with E-state index in [1.807, 2.05) is 13.0 Å². The Morgan fingerprint density at radius 1 is 1.67 bits per heavy atom. The molecule has 84 valence electrons. The molecular formula is C9H10Br2ClNOS. The molecule has 1 aromatic heterocycles. The van der Waals surface area contributed by atoms with Gasteiger partial charge in [-0.15, -0.1) is 22.9 Å². The molecule has 1 amide bonds. The van der Waals surface area contributed by atoms with Crippen LogP contribution in [-0.2, 0) is 0 Å². The van der Waals surface area contributed by atoms with Crippen molar-refractivity contribution in [2.75, 3.05) is 13.6 Å². The summed E-state index contributed by atoms with van der Waals surface area (Å²) < 4.78 is 1.78. The van der Waals surface area contributed by atoms with Crippen LogP contribution in [0.4, 0.5) is 0 Å². The van der Waals surface area contributed by atoms with Gasteiger partial charge in [-0.2, -0.15) is 0 Å². The van der Waals surface area contributed by atoms with Gasteiger partial charge in [-0.05, 0) is 44.8 Å². The molecule has 1 aromatic rings. The Balaban J connectivity index is 2.80. The molecule has 1 heterocycles. The minimum Gasteiger partial charge on any atom is -0.340 e. The first-order valence-electron chi connectivity index (χ1n) is 4.26. The minimum absolute atomic E-state index is 0.0173. The quantitative estimate of drug-likeness (QED) is 0.732. The highest BCUT2D eigenvalue weighted by atomic mass is 79.9. The van der Waals surface area contributed by atoms with E-state index < -0.39 is 0 Å². The summed E-state index contributed by atoms with van der Waals surface area (Å²) in [6.07, 6.45) is 0. The van der Waals surface area contributed by atoms with Crippen LogP contribution in [0.3, 0.4) is 0 Å². The van der Waals surface area contributed by atoms with Crippen molar-refractivity contribution in [3.05, 3.63) is 19.2 Å². The summed E-state index contributed by atoms with van der Waals surface area (Å²) in [7, 11) is 1.75. The Bertz CT molecular complexity index is 367. The van der Waals surface area contributed by atoms with Gasteiger partial charge in [0.1, 0.15) is 0 Å². The zero-order chi connectivity index (χ0) is 11.6. The Labute approximate surface area is 115 Å². The number of halogens is 3. The summed E-state index contributed by atoms with van der Waals surface area (Å²) in [5.41, 5.74) is 0.673. The first-order valence-corrected chi connectivity index (χ1v) is 7.10. The van der Waals surface area contributed by atoms with Crippen LogP contribution in [0.25, 0.3) is 0 Å². The van der Waals surface area contributed by atoms with Gasteiger partial charge in [0.15, 0.2) is 0 Å². The van der Waals surface area contributed by atoms with E-state index in [-0.39, 0.29) is 11.3 Å². The van der Waals surface area contributed by atoms with Crippen LogP contribution in [0.15, 0.2) is 13.6 Å². The topological polar surface area (TPSA) is 20.3 Å². The van der Waals surface area contributed by atoms with Crippen molar-refractivity contribution >= 4 is 60.7 Å². The first kappa shape index (κ1) is 13.5. The Kier molecular flexibility index (Phi) is 5.09. The highest BCUT2D eigenvalue weighted by Gasteiger charge is 2.18. The number of thiophene rings is 1. The molecule has 0 saturated heterocycles.